The van der Waals surface area contributed by atoms with Crippen LogP contribution in [-0.4, -0.2) is 25.1 Å². The predicted molar refractivity (Wildman–Crippen MR) is 67.6 cm³/mol. The fourth-order valence-electron chi connectivity index (χ4n) is 2.60. The van der Waals surface area contributed by atoms with Gasteiger partial charge < -0.3 is 27.2 Å². The van der Waals surface area contributed by atoms with E-state index in [2.05, 4.69) is 10.1 Å². The molecule has 116 valence electrons. The number of fused-ring (bicyclic) bond motifs is 1. The number of rotatable bonds is 1. The van der Waals surface area contributed by atoms with Crippen LogP contribution < -0.4 is 27.2 Å². The molecule has 0 unspecified atom stereocenters. The van der Waals surface area contributed by atoms with Crippen LogP contribution in [0.2, 0.25) is 0 Å². The first-order valence-corrected chi connectivity index (χ1v) is 6.45. The summed E-state index contributed by atoms with van der Waals surface area (Å²) in [7, 11) is 0. The molecule has 3 rings (SSSR count). The monoisotopic (exact) mass is 320 g/mol. The molecule has 1 aromatic rings. The normalized spacial score (nSPS) is 19.4. The summed E-state index contributed by atoms with van der Waals surface area (Å²) in [6.45, 7) is 1.66. The molecule has 3 nitrogen and oxygen atoms in total. The van der Waals surface area contributed by atoms with Gasteiger partial charge in [0, 0.05) is 12.8 Å². The lowest BCUT2D eigenvalue weighted by Gasteiger charge is -2.38. The molecule has 0 amide bonds. The van der Waals surface area contributed by atoms with E-state index in [1.54, 1.807) is 12.1 Å². The average molecular weight is 321 g/mol. The van der Waals surface area contributed by atoms with E-state index < -0.39 is 12.0 Å². The van der Waals surface area contributed by atoms with Crippen molar-refractivity contribution in [3.63, 3.8) is 0 Å². The summed E-state index contributed by atoms with van der Waals surface area (Å²) in [5.74, 6) is 0.214. The fourth-order valence-corrected chi connectivity index (χ4v) is 2.60. The molecule has 2 aliphatic rings. The smallest absolute Gasteiger partial charge is 0.573 e. The summed E-state index contributed by atoms with van der Waals surface area (Å²) in [5, 5.41) is 3.24. The first-order chi connectivity index (χ1) is 9.48. The molecule has 1 fully saturated rings. The predicted octanol–water partition coefficient (Wildman–Crippen LogP) is 0.117. The van der Waals surface area contributed by atoms with E-state index in [0.29, 0.717) is 11.3 Å². The van der Waals surface area contributed by atoms with Crippen molar-refractivity contribution in [2.24, 2.45) is 0 Å². The molecular weight excluding hydrogens is 307 g/mol. The summed E-state index contributed by atoms with van der Waals surface area (Å²) in [6, 6.07) is 4.47. The van der Waals surface area contributed by atoms with Gasteiger partial charge in [0.05, 0.1) is 5.56 Å². The number of ether oxygens (including phenoxy) is 2. The van der Waals surface area contributed by atoms with Gasteiger partial charge in [-0.15, -0.1) is 13.2 Å². The Hall–Kier alpha value is -1.40. The Morgan fingerprint density at radius 3 is 2.57 bits per heavy atom. The summed E-state index contributed by atoms with van der Waals surface area (Å²) in [4.78, 5) is 0. The summed E-state index contributed by atoms with van der Waals surface area (Å²) in [6.07, 6.45) is 0.415. The van der Waals surface area contributed by atoms with Gasteiger partial charge in [-0.05, 0) is 37.4 Å². The van der Waals surface area contributed by atoms with Gasteiger partial charge in [-0.1, -0.05) is 6.07 Å². The summed E-state index contributed by atoms with van der Waals surface area (Å²) in [5.41, 5.74) is -0.0660. The van der Waals surface area contributed by atoms with Gasteiger partial charge >= 0.3 is 6.36 Å². The van der Waals surface area contributed by atoms with E-state index in [4.69, 9.17) is 4.74 Å². The van der Waals surface area contributed by atoms with Crippen LogP contribution in [0.4, 0.5) is 13.2 Å². The molecular formula is C14H14ClF3NO2-. The number of halogens is 4. The number of benzene rings is 1. The fraction of sp³-hybridized carbons (Fsp3) is 0.429. The van der Waals surface area contributed by atoms with Crippen molar-refractivity contribution in [3.05, 3.63) is 29.8 Å². The molecule has 0 bridgehead atoms. The molecule has 0 saturated carbocycles. The molecule has 1 spiro atoms. The standard InChI is InChI=1S/C14H14F3NO2.ClH/c15-14(16,17)20-12-3-1-2-11-10(12)4-5-13(19-11)6-8-18-9-7-13;/h1-5,18H,6-9H2;1H/p-1. The minimum atomic E-state index is -4.70. The van der Waals surface area contributed by atoms with E-state index in [-0.39, 0.29) is 18.2 Å². The second-order valence-electron chi connectivity index (χ2n) is 4.97. The van der Waals surface area contributed by atoms with E-state index in [1.165, 1.54) is 12.1 Å². The van der Waals surface area contributed by atoms with Gasteiger partial charge in [-0.2, -0.15) is 0 Å². The zero-order chi connectivity index (χ0) is 14.2. The van der Waals surface area contributed by atoms with E-state index in [0.717, 1.165) is 25.9 Å². The molecule has 1 aromatic carbocycles. The lowest BCUT2D eigenvalue weighted by Crippen LogP contribution is -3.00. The Labute approximate surface area is 126 Å². The SMILES string of the molecule is FC(F)(F)Oc1cccc2c1C=CC1(CCNCC1)O2.[Cl-]. The third kappa shape index (κ3) is 3.44. The van der Waals surface area contributed by atoms with Gasteiger partial charge in [-0.3, -0.25) is 0 Å². The maximum atomic E-state index is 12.4. The van der Waals surface area contributed by atoms with Crippen LogP contribution in [0.5, 0.6) is 11.5 Å². The van der Waals surface area contributed by atoms with Crippen molar-refractivity contribution < 1.29 is 35.1 Å². The lowest BCUT2D eigenvalue weighted by molar-refractivity contribution is -0.274. The quantitative estimate of drug-likeness (QED) is 0.797. The average Bonchev–Trinajstić information content (AvgIpc) is 2.38. The Bertz CT molecular complexity index is 540. The van der Waals surface area contributed by atoms with Gasteiger partial charge in [0.25, 0.3) is 0 Å². The maximum Gasteiger partial charge on any atom is 0.573 e. The zero-order valence-corrected chi connectivity index (χ0v) is 11.8. The van der Waals surface area contributed by atoms with Crippen LogP contribution in [0.15, 0.2) is 24.3 Å². The number of alkyl halides is 3. The van der Waals surface area contributed by atoms with E-state index in [1.807, 2.05) is 6.08 Å². The molecule has 2 heterocycles. The van der Waals surface area contributed by atoms with Gasteiger partial charge in [0.2, 0.25) is 0 Å². The van der Waals surface area contributed by atoms with E-state index >= 15 is 0 Å². The summed E-state index contributed by atoms with van der Waals surface area (Å²) < 4.78 is 47.1. The largest absolute Gasteiger partial charge is 1.00 e. The molecule has 0 aromatic heterocycles. The molecule has 1 saturated heterocycles. The second kappa shape index (κ2) is 5.77. The van der Waals surface area contributed by atoms with Crippen LogP contribution >= 0.6 is 0 Å². The van der Waals surface area contributed by atoms with Crippen LogP contribution in [0, 0.1) is 0 Å². The third-order valence-corrected chi connectivity index (χ3v) is 3.57. The van der Waals surface area contributed by atoms with Crippen molar-refractivity contribution >= 4 is 6.08 Å². The Morgan fingerprint density at radius 1 is 1.19 bits per heavy atom. The number of hydrogen-bond acceptors (Lipinski definition) is 3. The molecule has 1 N–H and O–H groups in total. The van der Waals surface area contributed by atoms with E-state index in [9.17, 15) is 13.2 Å². The molecule has 21 heavy (non-hydrogen) atoms. The highest BCUT2D eigenvalue weighted by atomic mass is 35.5. The molecule has 0 radical (unpaired) electrons. The topological polar surface area (TPSA) is 30.5 Å². The zero-order valence-electron chi connectivity index (χ0n) is 11.0. The molecule has 0 aliphatic carbocycles. The third-order valence-electron chi connectivity index (χ3n) is 3.57. The number of nitrogens with one attached hydrogen (secondary N) is 1. The van der Waals surface area contributed by atoms with Crippen molar-refractivity contribution in [2.45, 2.75) is 24.8 Å². The van der Waals surface area contributed by atoms with Crippen LogP contribution in [0.25, 0.3) is 6.08 Å². The number of hydrogen-bond donors (Lipinski definition) is 1. The molecule has 0 atom stereocenters. The van der Waals surface area contributed by atoms with Crippen molar-refractivity contribution in [3.8, 4) is 11.5 Å². The second-order valence-corrected chi connectivity index (χ2v) is 4.97. The highest BCUT2D eigenvalue weighted by Gasteiger charge is 2.37. The van der Waals surface area contributed by atoms with Crippen LogP contribution in [0.3, 0.4) is 0 Å². The van der Waals surface area contributed by atoms with Crippen molar-refractivity contribution in [2.75, 3.05) is 13.1 Å². The minimum Gasteiger partial charge on any atom is -1.00 e. The van der Waals surface area contributed by atoms with Crippen LogP contribution in [0.1, 0.15) is 18.4 Å². The van der Waals surface area contributed by atoms with Crippen LogP contribution in [-0.2, 0) is 0 Å². The van der Waals surface area contributed by atoms with Crippen molar-refractivity contribution in [1.29, 1.82) is 0 Å². The Kier molecular flexibility index (Phi) is 4.39. The van der Waals surface area contributed by atoms with Crippen molar-refractivity contribution in [1.82, 2.24) is 5.32 Å². The van der Waals surface area contributed by atoms with Gasteiger partial charge in [0.1, 0.15) is 17.1 Å². The first kappa shape index (κ1) is 16.0. The van der Waals surface area contributed by atoms with Gasteiger partial charge in [-0.25, -0.2) is 0 Å². The first-order valence-electron chi connectivity index (χ1n) is 6.45. The molecule has 7 heteroatoms. The summed E-state index contributed by atoms with van der Waals surface area (Å²) >= 11 is 0. The lowest BCUT2D eigenvalue weighted by atomic mass is 9.89. The Morgan fingerprint density at radius 2 is 1.90 bits per heavy atom. The highest BCUT2D eigenvalue weighted by molar-refractivity contribution is 5.67. The molecule has 2 aliphatic heterocycles. The number of piperidine rings is 1. The Balaban J connectivity index is 0.00000161. The maximum absolute atomic E-state index is 12.4. The highest BCUT2D eigenvalue weighted by Crippen LogP contribution is 2.41. The minimum absolute atomic E-state index is 0. The van der Waals surface area contributed by atoms with Gasteiger partial charge in [0.15, 0.2) is 0 Å².